The number of aliphatic imine (C=N–C) groups is 1. The maximum atomic E-state index is 11.6. The Kier molecular flexibility index (Phi) is 7.33. The molecule has 0 unspecified atom stereocenters. The van der Waals surface area contributed by atoms with E-state index in [9.17, 15) is 4.79 Å². The molecule has 0 aromatic heterocycles. The molecule has 7 heteroatoms. The fraction of sp³-hybridized carbons (Fsp3) is 0.385. The first-order chi connectivity index (χ1) is 9.74. The molecule has 1 amide bonds. The number of hydrogen-bond acceptors (Lipinski definition) is 5. The first-order valence-electron chi connectivity index (χ1n) is 6.19. The molecule has 1 aromatic carbocycles. The molecular weight excluding hydrogens is 376 g/mol. The fourth-order valence-corrected chi connectivity index (χ4v) is 4.34. The van der Waals surface area contributed by atoms with Gasteiger partial charge in [0, 0.05) is 27.4 Å². The van der Waals surface area contributed by atoms with E-state index in [1.165, 1.54) is 16.7 Å². The zero-order valence-corrected chi connectivity index (χ0v) is 14.8. The zero-order chi connectivity index (χ0) is 14.2. The number of rotatable bonds is 6. The third kappa shape index (κ3) is 6.11. The third-order valence-electron chi connectivity index (χ3n) is 2.39. The van der Waals surface area contributed by atoms with Crippen LogP contribution in [0.25, 0.3) is 0 Å². The van der Waals surface area contributed by atoms with Crippen LogP contribution < -0.4 is 5.32 Å². The van der Waals surface area contributed by atoms with Gasteiger partial charge in [-0.05, 0) is 24.3 Å². The van der Waals surface area contributed by atoms with Crippen molar-refractivity contribution in [3.8, 4) is 0 Å². The number of carbonyl (C=O) groups excluding carboxylic acids is 1. The summed E-state index contributed by atoms with van der Waals surface area (Å²) in [6.45, 7) is 1.58. The van der Waals surface area contributed by atoms with Gasteiger partial charge in [-0.3, -0.25) is 9.79 Å². The Balaban J connectivity index is 1.56. The van der Waals surface area contributed by atoms with Crippen LogP contribution in [0.1, 0.15) is 0 Å². The molecule has 1 N–H and O–H groups in total. The second kappa shape index (κ2) is 9.02. The lowest BCUT2D eigenvalue weighted by Gasteiger charge is -2.05. The lowest BCUT2D eigenvalue weighted by Crippen LogP contribution is -2.27. The molecule has 0 bridgehead atoms. The van der Waals surface area contributed by atoms with Crippen LogP contribution in [0.5, 0.6) is 0 Å². The van der Waals surface area contributed by atoms with Gasteiger partial charge >= 0.3 is 0 Å². The number of thioether (sulfide) groups is 3. The molecule has 0 spiro atoms. The maximum absolute atomic E-state index is 11.6. The minimum absolute atomic E-state index is 0.0848. The Hall–Kier alpha value is -0.110. The van der Waals surface area contributed by atoms with Gasteiger partial charge in [-0.1, -0.05) is 39.5 Å². The van der Waals surface area contributed by atoms with Gasteiger partial charge in [0.25, 0.3) is 0 Å². The lowest BCUT2D eigenvalue weighted by atomic mass is 10.4. The summed E-state index contributed by atoms with van der Waals surface area (Å²) in [6, 6.07) is 8.19. The predicted octanol–water partition coefficient (Wildman–Crippen LogP) is 3.49. The highest BCUT2D eigenvalue weighted by Crippen LogP contribution is 2.22. The average molecular weight is 391 g/mol. The summed E-state index contributed by atoms with van der Waals surface area (Å²) in [5, 5.41) is 2.93. The first-order valence-corrected chi connectivity index (χ1v) is 9.94. The number of carbonyl (C=O) groups is 1. The SMILES string of the molecule is O=C(CSC1=NCCS1)NCCSc1ccc(Br)cc1. The van der Waals surface area contributed by atoms with Gasteiger partial charge in [-0.15, -0.1) is 11.8 Å². The van der Waals surface area contributed by atoms with E-state index in [1.54, 1.807) is 23.5 Å². The normalized spacial score (nSPS) is 14.2. The molecule has 108 valence electrons. The van der Waals surface area contributed by atoms with Crippen LogP contribution in [0.3, 0.4) is 0 Å². The van der Waals surface area contributed by atoms with Crippen molar-refractivity contribution in [2.75, 3.05) is 30.3 Å². The van der Waals surface area contributed by atoms with Gasteiger partial charge < -0.3 is 5.32 Å². The first kappa shape index (κ1) is 16.3. The summed E-state index contributed by atoms with van der Waals surface area (Å²) >= 11 is 8.43. The van der Waals surface area contributed by atoms with Crippen molar-refractivity contribution in [1.29, 1.82) is 0 Å². The lowest BCUT2D eigenvalue weighted by molar-refractivity contribution is -0.118. The highest BCUT2D eigenvalue weighted by molar-refractivity contribution is 9.10. The Morgan fingerprint density at radius 2 is 2.15 bits per heavy atom. The number of amides is 1. The number of benzene rings is 1. The van der Waals surface area contributed by atoms with Crippen LogP contribution in [0, 0.1) is 0 Å². The topological polar surface area (TPSA) is 41.5 Å². The van der Waals surface area contributed by atoms with Crippen LogP contribution in [0.2, 0.25) is 0 Å². The van der Waals surface area contributed by atoms with Crippen LogP contribution in [0.4, 0.5) is 0 Å². The molecule has 3 nitrogen and oxygen atoms in total. The quantitative estimate of drug-likeness (QED) is 0.596. The minimum atomic E-state index is 0.0848. The van der Waals surface area contributed by atoms with Gasteiger partial charge in [-0.2, -0.15) is 0 Å². The zero-order valence-electron chi connectivity index (χ0n) is 10.8. The number of hydrogen-bond donors (Lipinski definition) is 1. The summed E-state index contributed by atoms with van der Waals surface area (Å²) in [7, 11) is 0. The van der Waals surface area contributed by atoms with E-state index >= 15 is 0 Å². The van der Waals surface area contributed by atoms with E-state index in [-0.39, 0.29) is 5.91 Å². The van der Waals surface area contributed by atoms with Crippen molar-refractivity contribution in [3.63, 3.8) is 0 Å². The molecule has 20 heavy (non-hydrogen) atoms. The Morgan fingerprint density at radius 3 is 2.85 bits per heavy atom. The van der Waals surface area contributed by atoms with E-state index < -0.39 is 0 Å². The van der Waals surface area contributed by atoms with E-state index in [4.69, 9.17) is 0 Å². The Labute approximate surface area is 140 Å². The van der Waals surface area contributed by atoms with Crippen molar-refractivity contribution >= 4 is 61.5 Å². The Morgan fingerprint density at radius 1 is 1.35 bits per heavy atom. The Bertz CT molecular complexity index is 479. The van der Waals surface area contributed by atoms with Gasteiger partial charge in [0.05, 0.1) is 12.3 Å². The molecule has 2 rings (SSSR count). The highest BCUT2D eigenvalue weighted by Gasteiger charge is 2.09. The summed E-state index contributed by atoms with van der Waals surface area (Å²) in [5.74, 6) is 2.48. The summed E-state index contributed by atoms with van der Waals surface area (Å²) < 4.78 is 2.13. The summed E-state index contributed by atoms with van der Waals surface area (Å²) in [4.78, 5) is 17.2. The largest absolute Gasteiger partial charge is 0.355 e. The molecule has 0 saturated carbocycles. The van der Waals surface area contributed by atoms with Gasteiger partial charge in [0.15, 0.2) is 0 Å². The average Bonchev–Trinajstić information content (AvgIpc) is 2.96. The van der Waals surface area contributed by atoms with Gasteiger partial charge in [0.1, 0.15) is 4.38 Å². The fourth-order valence-electron chi connectivity index (χ4n) is 1.47. The van der Waals surface area contributed by atoms with Crippen LogP contribution in [-0.4, -0.2) is 40.6 Å². The minimum Gasteiger partial charge on any atom is -0.355 e. The van der Waals surface area contributed by atoms with E-state index in [1.807, 2.05) is 12.1 Å². The molecule has 0 atom stereocenters. The molecule has 0 saturated heterocycles. The van der Waals surface area contributed by atoms with E-state index in [0.29, 0.717) is 12.3 Å². The van der Waals surface area contributed by atoms with Gasteiger partial charge in [0.2, 0.25) is 5.91 Å². The predicted molar refractivity (Wildman–Crippen MR) is 95.1 cm³/mol. The van der Waals surface area contributed by atoms with Crippen molar-refractivity contribution < 1.29 is 4.79 Å². The van der Waals surface area contributed by atoms with Crippen LogP contribution >= 0.6 is 51.2 Å². The second-order valence-corrected chi connectivity index (χ2v) is 8.33. The van der Waals surface area contributed by atoms with Crippen molar-refractivity contribution in [2.45, 2.75) is 4.90 Å². The molecular formula is C13H15BrN2OS3. The molecule has 1 aliphatic heterocycles. The molecule has 0 fully saturated rings. The summed E-state index contributed by atoms with van der Waals surface area (Å²) in [5.41, 5.74) is 0. The van der Waals surface area contributed by atoms with Crippen molar-refractivity contribution in [3.05, 3.63) is 28.7 Å². The van der Waals surface area contributed by atoms with Crippen LogP contribution in [-0.2, 0) is 4.79 Å². The second-order valence-electron chi connectivity index (χ2n) is 3.94. The molecule has 0 radical (unpaired) electrons. The number of halogens is 1. The van der Waals surface area contributed by atoms with E-state index in [2.05, 4.69) is 38.4 Å². The third-order valence-corrected chi connectivity index (χ3v) is 6.19. The monoisotopic (exact) mass is 390 g/mol. The molecule has 0 aliphatic carbocycles. The van der Waals surface area contributed by atoms with Crippen molar-refractivity contribution in [1.82, 2.24) is 5.32 Å². The molecule has 1 heterocycles. The van der Waals surface area contributed by atoms with E-state index in [0.717, 1.165) is 26.9 Å². The number of nitrogens with one attached hydrogen (secondary N) is 1. The highest BCUT2D eigenvalue weighted by atomic mass is 79.9. The molecule has 1 aliphatic rings. The number of nitrogens with zero attached hydrogens (tertiary/aromatic N) is 1. The molecule has 1 aromatic rings. The maximum Gasteiger partial charge on any atom is 0.230 e. The standard InChI is InChI=1S/C13H15BrN2OS3/c14-10-1-3-11(4-2-10)18-7-5-15-12(17)9-20-13-16-6-8-19-13/h1-4H,5-9H2,(H,15,17). The summed E-state index contributed by atoms with van der Waals surface area (Å²) in [6.07, 6.45) is 0. The van der Waals surface area contributed by atoms with Gasteiger partial charge in [-0.25, -0.2) is 0 Å². The van der Waals surface area contributed by atoms with Crippen molar-refractivity contribution in [2.24, 2.45) is 4.99 Å². The smallest absolute Gasteiger partial charge is 0.230 e. The van der Waals surface area contributed by atoms with Crippen LogP contribution in [0.15, 0.2) is 38.6 Å².